The Morgan fingerprint density at radius 2 is 1.60 bits per heavy atom. The maximum atomic E-state index is 12.4. The highest BCUT2D eigenvalue weighted by Gasteiger charge is 2.06. The lowest BCUT2D eigenvalue weighted by molar-refractivity contribution is 0.0955. The zero-order chi connectivity index (χ0) is 21.3. The van der Waals surface area contributed by atoms with Crippen molar-refractivity contribution in [3.63, 3.8) is 0 Å². The van der Waals surface area contributed by atoms with Crippen molar-refractivity contribution in [3.05, 3.63) is 94.5 Å². The maximum absolute atomic E-state index is 12.4. The molecule has 0 aliphatic rings. The summed E-state index contributed by atoms with van der Waals surface area (Å²) in [6, 6.07) is 22.9. The van der Waals surface area contributed by atoms with Gasteiger partial charge in [-0.25, -0.2) is 5.43 Å². The zero-order valence-corrected chi connectivity index (χ0v) is 18.5. The fourth-order valence-corrected chi connectivity index (χ4v) is 3.65. The van der Waals surface area contributed by atoms with Crippen molar-refractivity contribution in [3.8, 4) is 5.75 Å². The van der Waals surface area contributed by atoms with E-state index in [9.17, 15) is 4.79 Å². The number of carbonyl (C=O) groups excluding carboxylic acids is 1. The molecular weight excluding hydrogens is 416 g/mol. The summed E-state index contributed by atoms with van der Waals surface area (Å²) in [5.74, 6) is 1.39. The second-order valence-electron chi connectivity index (χ2n) is 6.54. The van der Waals surface area contributed by atoms with E-state index < -0.39 is 0 Å². The smallest absolute Gasteiger partial charge is 0.271 e. The summed E-state index contributed by atoms with van der Waals surface area (Å²) >= 11 is 7.63. The van der Waals surface area contributed by atoms with Crippen LogP contribution in [0.2, 0.25) is 5.02 Å². The van der Waals surface area contributed by atoms with Gasteiger partial charge in [-0.15, -0.1) is 11.8 Å². The summed E-state index contributed by atoms with van der Waals surface area (Å²) in [5.41, 5.74) is 5.98. The van der Waals surface area contributed by atoms with Gasteiger partial charge in [-0.2, -0.15) is 5.10 Å². The van der Waals surface area contributed by atoms with Crippen molar-refractivity contribution in [2.45, 2.75) is 24.5 Å². The normalized spacial score (nSPS) is 11.2. The lowest BCUT2D eigenvalue weighted by atomic mass is 10.1. The summed E-state index contributed by atoms with van der Waals surface area (Å²) in [6.45, 7) is 4.43. The minimum atomic E-state index is -0.239. The molecule has 1 amide bonds. The number of hydrogen-bond acceptors (Lipinski definition) is 4. The first-order valence-corrected chi connectivity index (χ1v) is 11.0. The largest absolute Gasteiger partial charge is 0.494 e. The second-order valence-corrected chi connectivity index (χ2v) is 8.02. The van der Waals surface area contributed by atoms with Crippen LogP contribution in [-0.2, 0) is 5.75 Å². The van der Waals surface area contributed by atoms with Crippen molar-refractivity contribution < 1.29 is 9.53 Å². The number of hydrogen-bond donors (Lipinski definition) is 1. The molecule has 3 aromatic carbocycles. The standard InChI is InChI=1S/C24H23ClN2O2S/c1-3-29-22-12-8-19(9-13-22)17(2)26-27-24(28)20-6-4-18(5-7-20)16-30-23-14-10-21(25)11-15-23/h4-15H,3,16H2,1-2H3,(H,27,28)/b26-17-. The van der Waals surface area contributed by atoms with Crippen LogP contribution in [0.4, 0.5) is 0 Å². The Balaban J connectivity index is 1.54. The van der Waals surface area contributed by atoms with E-state index in [4.69, 9.17) is 16.3 Å². The summed E-state index contributed by atoms with van der Waals surface area (Å²) in [7, 11) is 0. The van der Waals surface area contributed by atoms with Gasteiger partial charge < -0.3 is 4.74 Å². The average Bonchev–Trinajstić information content (AvgIpc) is 2.78. The third-order valence-corrected chi connectivity index (χ3v) is 5.68. The number of ether oxygens (including phenoxy) is 1. The minimum Gasteiger partial charge on any atom is -0.494 e. The van der Waals surface area contributed by atoms with Gasteiger partial charge in [-0.05, 0) is 85.6 Å². The van der Waals surface area contributed by atoms with E-state index in [2.05, 4.69) is 10.5 Å². The van der Waals surface area contributed by atoms with Gasteiger partial charge in [0.2, 0.25) is 0 Å². The fraction of sp³-hybridized carbons (Fsp3) is 0.167. The molecule has 3 aromatic rings. The van der Waals surface area contributed by atoms with E-state index in [1.54, 1.807) is 11.8 Å². The SMILES string of the molecule is CCOc1ccc(/C(C)=N\NC(=O)c2ccc(CSc3ccc(Cl)cc3)cc2)cc1. The fourth-order valence-electron chi connectivity index (χ4n) is 2.67. The van der Waals surface area contributed by atoms with Gasteiger partial charge in [0.05, 0.1) is 12.3 Å². The Morgan fingerprint density at radius 3 is 2.23 bits per heavy atom. The second kappa shape index (κ2) is 10.9. The molecule has 0 bridgehead atoms. The zero-order valence-electron chi connectivity index (χ0n) is 16.9. The van der Waals surface area contributed by atoms with Crippen molar-refractivity contribution in [1.82, 2.24) is 5.43 Å². The molecule has 0 unspecified atom stereocenters. The predicted molar refractivity (Wildman–Crippen MR) is 125 cm³/mol. The summed E-state index contributed by atoms with van der Waals surface area (Å²) < 4.78 is 5.44. The van der Waals surface area contributed by atoms with Crippen molar-refractivity contribution in [1.29, 1.82) is 0 Å². The van der Waals surface area contributed by atoms with Crippen molar-refractivity contribution in [2.75, 3.05) is 6.61 Å². The third-order valence-electron chi connectivity index (χ3n) is 4.34. The highest BCUT2D eigenvalue weighted by molar-refractivity contribution is 7.98. The highest BCUT2D eigenvalue weighted by atomic mass is 35.5. The number of benzene rings is 3. The Morgan fingerprint density at radius 1 is 0.967 bits per heavy atom. The summed E-state index contributed by atoms with van der Waals surface area (Å²) in [4.78, 5) is 13.5. The molecule has 0 radical (unpaired) electrons. The van der Waals surface area contributed by atoms with E-state index in [0.717, 1.165) is 38.3 Å². The van der Waals surface area contributed by atoms with Crippen LogP contribution in [0, 0.1) is 0 Å². The molecule has 0 aliphatic carbocycles. The molecule has 0 atom stereocenters. The van der Waals surface area contributed by atoms with Gasteiger partial charge in [0.15, 0.2) is 0 Å². The quantitative estimate of drug-likeness (QED) is 0.259. The molecule has 0 aliphatic heterocycles. The minimum absolute atomic E-state index is 0.239. The monoisotopic (exact) mass is 438 g/mol. The predicted octanol–water partition coefficient (Wildman–Crippen LogP) is 6.19. The molecule has 1 N–H and O–H groups in total. The number of nitrogens with zero attached hydrogens (tertiary/aromatic N) is 1. The first-order chi connectivity index (χ1) is 14.5. The summed E-state index contributed by atoms with van der Waals surface area (Å²) in [6.07, 6.45) is 0. The molecule has 6 heteroatoms. The lowest BCUT2D eigenvalue weighted by Gasteiger charge is -2.06. The van der Waals surface area contributed by atoms with Crippen LogP contribution in [0.25, 0.3) is 0 Å². The van der Waals surface area contributed by atoms with Gasteiger partial charge in [0.1, 0.15) is 5.75 Å². The van der Waals surface area contributed by atoms with Gasteiger partial charge in [0.25, 0.3) is 5.91 Å². The Labute approximate surface area is 186 Å². The van der Waals surface area contributed by atoms with Crippen LogP contribution >= 0.6 is 23.4 Å². The van der Waals surface area contributed by atoms with Gasteiger partial charge in [-0.3, -0.25) is 4.79 Å². The number of carbonyl (C=O) groups is 1. The third kappa shape index (κ3) is 6.37. The van der Waals surface area contributed by atoms with E-state index >= 15 is 0 Å². The van der Waals surface area contributed by atoms with Gasteiger partial charge in [-0.1, -0.05) is 23.7 Å². The van der Waals surface area contributed by atoms with Crippen LogP contribution in [-0.4, -0.2) is 18.2 Å². The number of rotatable bonds is 8. The van der Waals surface area contributed by atoms with Gasteiger partial charge in [0, 0.05) is 21.2 Å². The molecule has 0 spiro atoms. The van der Waals surface area contributed by atoms with Crippen LogP contribution in [0.3, 0.4) is 0 Å². The topological polar surface area (TPSA) is 50.7 Å². The molecule has 0 fully saturated rings. The Hall–Kier alpha value is -2.76. The van der Waals surface area contributed by atoms with Crippen LogP contribution in [0.5, 0.6) is 5.75 Å². The number of hydrazone groups is 1. The molecule has 0 aromatic heterocycles. The number of thioether (sulfide) groups is 1. The van der Waals surface area contributed by atoms with E-state index in [1.807, 2.05) is 86.6 Å². The number of halogens is 1. The Bertz CT molecular complexity index is 1000. The number of amides is 1. The average molecular weight is 439 g/mol. The van der Waals surface area contributed by atoms with E-state index in [0.29, 0.717) is 12.2 Å². The number of nitrogens with one attached hydrogen (secondary N) is 1. The van der Waals surface area contributed by atoms with E-state index in [-0.39, 0.29) is 5.91 Å². The first-order valence-electron chi connectivity index (χ1n) is 9.60. The molecule has 3 rings (SSSR count). The van der Waals surface area contributed by atoms with Gasteiger partial charge >= 0.3 is 0 Å². The molecule has 0 heterocycles. The van der Waals surface area contributed by atoms with Crippen LogP contribution < -0.4 is 10.2 Å². The molecule has 154 valence electrons. The lowest BCUT2D eigenvalue weighted by Crippen LogP contribution is -2.19. The van der Waals surface area contributed by atoms with Crippen LogP contribution in [0.1, 0.15) is 35.3 Å². The van der Waals surface area contributed by atoms with E-state index in [1.165, 1.54) is 0 Å². The Kier molecular flexibility index (Phi) is 7.94. The first kappa shape index (κ1) is 21.9. The van der Waals surface area contributed by atoms with Crippen molar-refractivity contribution in [2.24, 2.45) is 5.10 Å². The molecule has 30 heavy (non-hydrogen) atoms. The maximum Gasteiger partial charge on any atom is 0.271 e. The summed E-state index contributed by atoms with van der Waals surface area (Å²) in [5, 5.41) is 4.94. The molecular formula is C24H23ClN2O2S. The molecule has 0 saturated carbocycles. The highest BCUT2D eigenvalue weighted by Crippen LogP contribution is 2.24. The van der Waals surface area contributed by atoms with Crippen molar-refractivity contribution >= 4 is 35.0 Å². The van der Waals surface area contributed by atoms with Crippen LogP contribution in [0.15, 0.2) is 82.8 Å². The molecule has 4 nitrogen and oxygen atoms in total. The molecule has 0 saturated heterocycles.